The Morgan fingerprint density at radius 2 is 1.97 bits per heavy atom. The number of para-hydroxylation sites is 1. The average Bonchev–Trinajstić information content (AvgIpc) is 2.76. The van der Waals surface area contributed by atoms with Crippen LogP contribution in [0.4, 0.5) is 5.69 Å². The van der Waals surface area contributed by atoms with E-state index in [0.717, 1.165) is 11.1 Å². The minimum Gasteiger partial charge on any atom is -0.455 e. The van der Waals surface area contributed by atoms with Gasteiger partial charge < -0.3 is 10.1 Å². The number of ether oxygens (including phenoxy) is 1. The van der Waals surface area contributed by atoms with E-state index in [0.29, 0.717) is 28.1 Å². The fourth-order valence-corrected chi connectivity index (χ4v) is 3.32. The van der Waals surface area contributed by atoms with Crippen molar-refractivity contribution in [3.05, 3.63) is 88.7 Å². The van der Waals surface area contributed by atoms with Gasteiger partial charge in [-0.15, -0.1) is 0 Å². The number of pyridine rings is 1. The molecule has 7 heteroatoms. The van der Waals surface area contributed by atoms with Crippen molar-refractivity contribution in [1.82, 2.24) is 14.5 Å². The number of aryl methyl sites for hydroxylation is 3. The molecule has 0 aliphatic carbocycles. The van der Waals surface area contributed by atoms with Gasteiger partial charge in [-0.25, -0.2) is 4.98 Å². The van der Waals surface area contributed by atoms with Crippen molar-refractivity contribution in [3.63, 3.8) is 0 Å². The second-order valence-corrected chi connectivity index (χ2v) is 7.28. The number of amides is 1. The normalized spacial score (nSPS) is 10.8. The molecule has 0 saturated carbocycles. The van der Waals surface area contributed by atoms with Crippen LogP contribution in [0.3, 0.4) is 0 Å². The van der Waals surface area contributed by atoms with Gasteiger partial charge in [0.15, 0.2) is 0 Å². The molecule has 0 atom stereocenters. The quantitative estimate of drug-likeness (QED) is 0.510. The topological polar surface area (TPSA) is 86.1 Å². The molecule has 1 amide bonds. The number of anilines is 1. The molecule has 2 aromatic heterocycles. The van der Waals surface area contributed by atoms with Gasteiger partial charge in [0, 0.05) is 24.8 Å². The molecule has 4 aromatic rings. The summed E-state index contributed by atoms with van der Waals surface area (Å²) in [6, 6.07) is 14.6. The summed E-state index contributed by atoms with van der Waals surface area (Å²) >= 11 is 0. The van der Waals surface area contributed by atoms with Gasteiger partial charge in [-0.3, -0.25) is 19.1 Å². The molecular formula is C24H22N4O3. The molecular weight excluding hydrogens is 392 g/mol. The van der Waals surface area contributed by atoms with Crippen molar-refractivity contribution in [3.8, 4) is 11.5 Å². The van der Waals surface area contributed by atoms with Crippen LogP contribution in [0.2, 0.25) is 0 Å². The van der Waals surface area contributed by atoms with Crippen molar-refractivity contribution in [1.29, 1.82) is 0 Å². The second-order valence-electron chi connectivity index (χ2n) is 7.28. The van der Waals surface area contributed by atoms with Crippen LogP contribution in [0.5, 0.6) is 11.5 Å². The Labute approximate surface area is 179 Å². The lowest BCUT2D eigenvalue weighted by atomic mass is 10.1. The molecule has 0 bridgehead atoms. The molecule has 0 fully saturated rings. The smallest absolute Gasteiger partial charge is 0.261 e. The molecule has 7 nitrogen and oxygen atoms in total. The van der Waals surface area contributed by atoms with E-state index < -0.39 is 0 Å². The molecule has 0 aliphatic rings. The van der Waals surface area contributed by atoms with Crippen molar-refractivity contribution in [2.45, 2.75) is 26.8 Å². The summed E-state index contributed by atoms with van der Waals surface area (Å²) in [6.07, 6.45) is 4.98. The molecule has 2 heterocycles. The Hall–Kier alpha value is -4.00. The highest BCUT2D eigenvalue weighted by Gasteiger charge is 2.09. The Morgan fingerprint density at radius 1 is 1.10 bits per heavy atom. The first-order valence-corrected chi connectivity index (χ1v) is 9.94. The molecule has 31 heavy (non-hydrogen) atoms. The van der Waals surface area contributed by atoms with Crippen LogP contribution in [0.15, 0.2) is 72.0 Å². The zero-order valence-electron chi connectivity index (χ0n) is 17.3. The predicted molar refractivity (Wildman–Crippen MR) is 119 cm³/mol. The van der Waals surface area contributed by atoms with Gasteiger partial charge in [-0.2, -0.15) is 0 Å². The molecule has 2 aromatic carbocycles. The first-order valence-electron chi connectivity index (χ1n) is 9.94. The molecule has 4 rings (SSSR count). The van der Waals surface area contributed by atoms with Crippen molar-refractivity contribution in [2.24, 2.45) is 0 Å². The summed E-state index contributed by atoms with van der Waals surface area (Å²) in [5, 5.41) is 3.43. The summed E-state index contributed by atoms with van der Waals surface area (Å²) < 4.78 is 7.28. The number of nitrogens with zero attached hydrogens (tertiary/aromatic N) is 3. The van der Waals surface area contributed by atoms with E-state index in [9.17, 15) is 9.59 Å². The van der Waals surface area contributed by atoms with Crippen LogP contribution < -0.4 is 15.6 Å². The summed E-state index contributed by atoms with van der Waals surface area (Å²) in [5.74, 6) is 1.15. The number of nitrogens with one attached hydrogen (secondary N) is 1. The number of aromatic nitrogens is 3. The maximum Gasteiger partial charge on any atom is 0.261 e. The third-order valence-electron chi connectivity index (χ3n) is 4.96. The van der Waals surface area contributed by atoms with Crippen molar-refractivity contribution < 1.29 is 9.53 Å². The number of carbonyl (C=O) groups is 1. The fraction of sp³-hybridized carbons (Fsp3) is 0.167. The Kier molecular flexibility index (Phi) is 5.75. The number of fused-ring (bicyclic) bond motifs is 1. The molecule has 156 valence electrons. The van der Waals surface area contributed by atoms with Crippen LogP contribution in [0, 0.1) is 13.8 Å². The lowest BCUT2D eigenvalue weighted by molar-refractivity contribution is -0.116. The van der Waals surface area contributed by atoms with Crippen LogP contribution in [-0.4, -0.2) is 20.4 Å². The van der Waals surface area contributed by atoms with E-state index in [4.69, 9.17) is 4.74 Å². The van der Waals surface area contributed by atoms with Gasteiger partial charge in [0.25, 0.3) is 5.56 Å². The van der Waals surface area contributed by atoms with E-state index in [-0.39, 0.29) is 24.4 Å². The highest BCUT2D eigenvalue weighted by molar-refractivity contribution is 5.90. The zero-order valence-corrected chi connectivity index (χ0v) is 17.3. The maximum absolute atomic E-state index is 12.7. The molecule has 0 spiro atoms. The average molecular weight is 414 g/mol. The molecule has 1 N–H and O–H groups in total. The van der Waals surface area contributed by atoms with Gasteiger partial charge >= 0.3 is 0 Å². The predicted octanol–water partition coefficient (Wildman–Crippen LogP) is 4.23. The standard InChI is InChI=1S/C24H22N4O3/c1-16-5-3-7-20-23(16)26-15-28(24(20)30)12-10-22(29)27-18-8-9-21(17(2)13-18)31-19-6-4-11-25-14-19/h3-9,11,13-15H,10,12H2,1-2H3,(H,27,29). The summed E-state index contributed by atoms with van der Waals surface area (Å²) in [6.45, 7) is 4.08. The fourth-order valence-electron chi connectivity index (χ4n) is 3.32. The Balaban J connectivity index is 1.40. The van der Waals surface area contributed by atoms with Gasteiger partial charge in [0.05, 0.1) is 23.4 Å². The largest absolute Gasteiger partial charge is 0.455 e. The van der Waals surface area contributed by atoms with E-state index >= 15 is 0 Å². The van der Waals surface area contributed by atoms with Gasteiger partial charge in [-0.05, 0) is 61.4 Å². The first kappa shape index (κ1) is 20.3. The minimum atomic E-state index is -0.184. The summed E-state index contributed by atoms with van der Waals surface area (Å²) in [5.41, 5.74) is 3.05. The Bertz CT molecular complexity index is 1300. The van der Waals surface area contributed by atoms with Gasteiger partial charge in [-0.1, -0.05) is 12.1 Å². The number of carbonyl (C=O) groups excluding carboxylic acids is 1. The SMILES string of the molecule is Cc1cc(NC(=O)CCn2cnc3c(C)cccc3c2=O)ccc1Oc1cccnc1. The number of hydrogen-bond acceptors (Lipinski definition) is 5. The molecule has 0 radical (unpaired) electrons. The van der Waals surface area contributed by atoms with Crippen LogP contribution in [0.25, 0.3) is 10.9 Å². The van der Waals surface area contributed by atoms with E-state index in [1.807, 2.05) is 38.1 Å². The third kappa shape index (κ3) is 4.61. The number of hydrogen-bond donors (Lipinski definition) is 1. The first-order chi connectivity index (χ1) is 15.0. The van der Waals surface area contributed by atoms with Crippen LogP contribution in [0.1, 0.15) is 17.5 Å². The molecule has 0 aliphatic heterocycles. The number of rotatable bonds is 6. The lowest BCUT2D eigenvalue weighted by Gasteiger charge is -2.11. The summed E-state index contributed by atoms with van der Waals surface area (Å²) in [7, 11) is 0. The van der Waals surface area contributed by atoms with Crippen molar-refractivity contribution in [2.75, 3.05) is 5.32 Å². The molecule has 0 saturated heterocycles. The van der Waals surface area contributed by atoms with Crippen LogP contribution in [-0.2, 0) is 11.3 Å². The van der Waals surface area contributed by atoms with E-state index in [2.05, 4.69) is 15.3 Å². The zero-order chi connectivity index (χ0) is 21.8. The van der Waals surface area contributed by atoms with Gasteiger partial charge in [0.2, 0.25) is 5.91 Å². The minimum absolute atomic E-state index is 0.144. The highest BCUT2D eigenvalue weighted by atomic mass is 16.5. The van der Waals surface area contributed by atoms with E-state index in [1.165, 1.54) is 10.9 Å². The molecule has 0 unspecified atom stereocenters. The maximum atomic E-state index is 12.7. The van der Waals surface area contributed by atoms with Crippen molar-refractivity contribution >= 4 is 22.5 Å². The Morgan fingerprint density at radius 3 is 2.74 bits per heavy atom. The second kappa shape index (κ2) is 8.79. The third-order valence-corrected chi connectivity index (χ3v) is 4.96. The van der Waals surface area contributed by atoms with Gasteiger partial charge in [0.1, 0.15) is 11.5 Å². The number of benzene rings is 2. The van der Waals surface area contributed by atoms with Crippen LogP contribution >= 0.6 is 0 Å². The monoisotopic (exact) mass is 414 g/mol. The van der Waals surface area contributed by atoms with E-state index in [1.54, 1.807) is 36.7 Å². The lowest BCUT2D eigenvalue weighted by Crippen LogP contribution is -2.23. The highest BCUT2D eigenvalue weighted by Crippen LogP contribution is 2.26. The summed E-state index contributed by atoms with van der Waals surface area (Å²) in [4.78, 5) is 33.5.